The lowest BCUT2D eigenvalue weighted by atomic mass is 9.88. The molecule has 1 aliphatic rings. The summed E-state index contributed by atoms with van der Waals surface area (Å²) in [6.07, 6.45) is 5.21. The predicted octanol–water partition coefficient (Wildman–Crippen LogP) is 6.16. The van der Waals surface area contributed by atoms with Crippen molar-refractivity contribution >= 4 is 11.9 Å². The minimum absolute atomic E-state index is 0.177. The summed E-state index contributed by atoms with van der Waals surface area (Å²) in [7, 11) is 3.04. The molecule has 1 aliphatic carbocycles. The molecule has 1 heterocycles. The minimum atomic E-state index is -0.983. The van der Waals surface area contributed by atoms with Crippen LogP contribution in [0.3, 0.4) is 0 Å². The molecule has 8 nitrogen and oxygen atoms in total. The molecule has 2 aromatic carbocycles. The highest BCUT2D eigenvalue weighted by molar-refractivity contribution is 5.96. The van der Waals surface area contributed by atoms with Gasteiger partial charge in [-0.2, -0.15) is 0 Å². The van der Waals surface area contributed by atoms with Crippen LogP contribution in [0.1, 0.15) is 90.8 Å². The van der Waals surface area contributed by atoms with Gasteiger partial charge in [0.15, 0.2) is 0 Å². The highest BCUT2D eigenvalue weighted by atomic mass is 16.7. The second kappa shape index (κ2) is 13.2. The Labute approximate surface area is 235 Å². The fourth-order valence-electron chi connectivity index (χ4n) is 5.66. The van der Waals surface area contributed by atoms with Crippen LogP contribution in [0.25, 0.3) is 11.1 Å². The van der Waals surface area contributed by atoms with E-state index < -0.39 is 12.3 Å². The average Bonchev–Trinajstić information content (AvgIpc) is 3.23. The Morgan fingerprint density at radius 1 is 0.975 bits per heavy atom. The standard InChI is InChI=1S/C32H40N2O6/c1-21(2)14-19-27-28(31(39-3)40-4)34(29(35)24-10-6-5-7-11-24)32(38)33(27)20-22-15-17-23(18-16-22)25-12-8-9-13-26(25)30(36)37/h8-9,12-13,15-18,21,24,31H,5-7,10-11,14,19-20H2,1-4H3,(H,36,37). The van der Waals surface area contributed by atoms with Crippen LogP contribution in [0.5, 0.6) is 0 Å². The van der Waals surface area contributed by atoms with Crippen LogP contribution in [0.2, 0.25) is 0 Å². The Morgan fingerprint density at radius 3 is 2.23 bits per heavy atom. The van der Waals surface area contributed by atoms with Gasteiger partial charge in [-0.1, -0.05) is 75.6 Å². The van der Waals surface area contributed by atoms with Gasteiger partial charge in [-0.25, -0.2) is 14.2 Å². The quantitative estimate of drug-likeness (QED) is 0.288. The van der Waals surface area contributed by atoms with E-state index in [1.807, 2.05) is 30.3 Å². The number of hydrogen-bond donors (Lipinski definition) is 1. The van der Waals surface area contributed by atoms with E-state index in [0.717, 1.165) is 55.3 Å². The van der Waals surface area contributed by atoms with E-state index >= 15 is 0 Å². The summed E-state index contributed by atoms with van der Waals surface area (Å²) in [6, 6.07) is 14.4. The van der Waals surface area contributed by atoms with Gasteiger partial charge in [0.05, 0.1) is 12.1 Å². The number of imidazole rings is 1. The topological polar surface area (TPSA) is 99.8 Å². The summed E-state index contributed by atoms with van der Waals surface area (Å²) in [4.78, 5) is 39.5. The van der Waals surface area contributed by atoms with Gasteiger partial charge in [0.2, 0.25) is 12.2 Å². The molecule has 0 spiro atoms. The van der Waals surface area contributed by atoms with Crippen molar-refractivity contribution in [3.63, 3.8) is 0 Å². The number of carbonyl (C=O) groups excluding carboxylic acids is 1. The molecule has 0 unspecified atom stereocenters. The Hall–Kier alpha value is -3.49. The predicted molar refractivity (Wildman–Crippen MR) is 154 cm³/mol. The number of carboxylic acid groups (broad SMARTS) is 1. The summed E-state index contributed by atoms with van der Waals surface area (Å²) >= 11 is 0. The normalized spacial score (nSPS) is 14.2. The summed E-state index contributed by atoms with van der Waals surface area (Å²) in [5.41, 5.74) is 3.36. The number of carbonyl (C=O) groups is 2. The monoisotopic (exact) mass is 548 g/mol. The van der Waals surface area contributed by atoms with E-state index in [0.29, 0.717) is 23.6 Å². The highest BCUT2D eigenvalue weighted by Crippen LogP contribution is 2.30. The maximum atomic E-state index is 14.0. The molecule has 0 atom stereocenters. The Balaban J connectivity index is 1.78. The maximum absolute atomic E-state index is 14.0. The van der Waals surface area contributed by atoms with Gasteiger partial charge in [-0.15, -0.1) is 0 Å². The molecule has 0 saturated heterocycles. The fourth-order valence-corrected chi connectivity index (χ4v) is 5.66. The molecule has 1 saturated carbocycles. The molecule has 214 valence electrons. The molecule has 0 bridgehead atoms. The van der Waals surface area contributed by atoms with Crippen LogP contribution in [0.15, 0.2) is 53.3 Å². The van der Waals surface area contributed by atoms with E-state index in [1.54, 1.807) is 22.8 Å². The number of ether oxygens (including phenoxy) is 2. The number of benzene rings is 2. The van der Waals surface area contributed by atoms with Crippen molar-refractivity contribution in [1.82, 2.24) is 9.13 Å². The van der Waals surface area contributed by atoms with Crippen molar-refractivity contribution in [1.29, 1.82) is 0 Å². The molecular formula is C32H40N2O6. The minimum Gasteiger partial charge on any atom is -0.478 e. The summed E-state index contributed by atoms with van der Waals surface area (Å²) in [5, 5.41) is 9.59. The molecule has 4 rings (SSSR count). The Bertz CT molecular complexity index is 1380. The Morgan fingerprint density at radius 2 is 1.62 bits per heavy atom. The SMILES string of the molecule is COC(OC)c1c(CCC(C)C)n(Cc2ccc(-c3ccccc3C(=O)O)cc2)c(=O)n1C(=O)C1CCCCC1. The molecule has 0 amide bonds. The van der Waals surface area contributed by atoms with E-state index in [-0.39, 0.29) is 29.6 Å². The van der Waals surface area contributed by atoms with Crippen molar-refractivity contribution in [2.75, 3.05) is 14.2 Å². The van der Waals surface area contributed by atoms with Crippen molar-refractivity contribution in [2.45, 2.75) is 71.6 Å². The van der Waals surface area contributed by atoms with E-state index in [1.165, 1.54) is 18.8 Å². The number of rotatable bonds is 11. The first-order valence-electron chi connectivity index (χ1n) is 14.1. The number of aromatic carboxylic acids is 1. The zero-order chi connectivity index (χ0) is 28.8. The van der Waals surface area contributed by atoms with Crippen LogP contribution < -0.4 is 5.69 Å². The zero-order valence-corrected chi connectivity index (χ0v) is 23.9. The third-order valence-corrected chi connectivity index (χ3v) is 7.83. The smallest absolute Gasteiger partial charge is 0.336 e. The number of nitrogens with zero attached hydrogens (tertiary/aromatic N) is 2. The van der Waals surface area contributed by atoms with Gasteiger partial charge in [-0.3, -0.25) is 9.36 Å². The molecular weight excluding hydrogens is 508 g/mol. The summed E-state index contributed by atoms with van der Waals surface area (Å²) in [6.45, 7) is 4.53. The third-order valence-electron chi connectivity index (χ3n) is 7.83. The van der Waals surface area contributed by atoms with Gasteiger partial charge in [0.1, 0.15) is 5.69 Å². The van der Waals surface area contributed by atoms with Gasteiger partial charge in [0.25, 0.3) is 0 Å². The lowest BCUT2D eigenvalue weighted by molar-refractivity contribution is -0.110. The maximum Gasteiger partial charge on any atom is 0.336 e. The first kappa shape index (κ1) is 29.5. The molecule has 1 N–H and O–H groups in total. The van der Waals surface area contributed by atoms with Gasteiger partial charge >= 0.3 is 11.7 Å². The molecule has 8 heteroatoms. The number of aromatic nitrogens is 2. The first-order chi connectivity index (χ1) is 19.3. The lowest BCUT2D eigenvalue weighted by Gasteiger charge is -2.23. The van der Waals surface area contributed by atoms with Gasteiger partial charge < -0.3 is 14.6 Å². The molecule has 3 aromatic rings. The van der Waals surface area contributed by atoms with Crippen LogP contribution in [0, 0.1) is 11.8 Å². The lowest BCUT2D eigenvalue weighted by Crippen LogP contribution is -2.35. The molecule has 1 aromatic heterocycles. The number of hydrogen-bond acceptors (Lipinski definition) is 5. The summed E-state index contributed by atoms with van der Waals surface area (Å²) < 4.78 is 14.3. The number of methoxy groups -OCH3 is 2. The van der Waals surface area contributed by atoms with Gasteiger partial charge in [-0.05, 0) is 54.4 Å². The van der Waals surface area contributed by atoms with Crippen molar-refractivity contribution in [3.05, 3.63) is 81.5 Å². The van der Waals surface area contributed by atoms with Crippen LogP contribution in [-0.4, -0.2) is 40.3 Å². The largest absolute Gasteiger partial charge is 0.478 e. The molecule has 0 aliphatic heterocycles. The second-order valence-electron chi connectivity index (χ2n) is 11.0. The zero-order valence-electron chi connectivity index (χ0n) is 23.9. The third kappa shape index (κ3) is 6.29. The average molecular weight is 549 g/mol. The highest BCUT2D eigenvalue weighted by Gasteiger charge is 2.33. The van der Waals surface area contributed by atoms with E-state index in [4.69, 9.17) is 9.47 Å². The molecule has 1 fully saturated rings. The molecule has 40 heavy (non-hydrogen) atoms. The van der Waals surface area contributed by atoms with E-state index in [9.17, 15) is 19.5 Å². The van der Waals surface area contributed by atoms with Crippen LogP contribution >= 0.6 is 0 Å². The van der Waals surface area contributed by atoms with Crippen molar-refractivity contribution < 1.29 is 24.2 Å². The van der Waals surface area contributed by atoms with Crippen molar-refractivity contribution in [2.24, 2.45) is 11.8 Å². The second-order valence-corrected chi connectivity index (χ2v) is 11.0. The van der Waals surface area contributed by atoms with Crippen LogP contribution in [-0.2, 0) is 22.4 Å². The fraction of sp³-hybridized carbons (Fsp3) is 0.469. The van der Waals surface area contributed by atoms with E-state index in [2.05, 4.69) is 13.8 Å². The number of carboxylic acids is 1. The van der Waals surface area contributed by atoms with Gasteiger partial charge in [0, 0.05) is 25.8 Å². The Kier molecular flexibility index (Phi) is 9.76. The van der Waals surface area contributed by atoms with Crippen LogP contribution in [0.4, 0.5) is 0 Å². The van der Waals surface area contributed by atoms with Crippen molar-refractivity contribution in [3.8, 4) is 11.1 Å². The first-order valence-corrected chi connectivity index (χ1v) is 14.1. The summed E-state index contributed by atoms with van der Waals surface area (Å²) in [5.74, 6) is -0.958. The molecule has 0 radical (unpaired) electrons.